The predicted octanol–water partition coefficient (Wildman–Crippen LogP) is 12.0. The summed E-state index contributed by atoms with van der Waals surface area (Å²) in [7, 11) is 0. The summed E-state index contributed by atoms with van der Waals surface area (Å²) >= 11 is 0. The zero-order chi connectivity index (χ0) is 32.7. The van der Waals surface area contributed by atoms with E-state index in [1.54, 1.807) is 0 Å². The molecule has 0 saturated carbocycles. The molecule has 0 atom stereocenters. The van der Waals surface area contributed by atoms with E-state index in [-0.39, 0.29) is 29.7 Å². The minimum Gasteiger partial charge on any atom is -0.456 e. The SMILES string of the molecule is [2H]c1c([2H])c([2H])c(-c2cccc(-c3c4ccccc4c(-c4ccc5oc6ccc7ccccc7c6c5c4)c4ccccc34)c2)c([2H])c1[2H]. The lowest BCUT2D eigenvalue weighted by Crippen LogP contribution is -1.91. The quantitative estimate of drug-likeness (QED) is 0.199. The fourth-order valence-electron chi connectivity index (χ4n) is 6.68. The van der Waals surface area contributed by atoms with Crippen molar-refractivity contribution in [3.63, 3.8) is 0 Å². The number of hydrogen-bond donors (Lipinski definition) is 0. The molecule has 1 nitrogen and oxygen atoms in total. The van der Waals surface area contributed by atoms with Crippen molar-refractivity contribution >= 4 is 54.3 Å². The van der Waals surface area contributed by atoms with Gasteiger partial charge in [-0.25, -0.2) is 0 Å². The topological polar surface area (TPSA) is 13.1 Å². The first-order valence-electron chi connectivity index (χ1n) is 16.9. The largest absolute Gasteiger partial charge is 0.456 e. The molecule has 0 saturated heterocycles. The van der Waals surface area contributed by atoms with Gasteiger partial charge in [0.2, 0.25) is 0 Å². The van der Waals surface area contributed by atoms with Crippen LogP contribution in [0.4, 0.5) is 0 Å². The second-order valence-electron chi connectivity index (χ2n) is 10.9. The maximum absolute atomic E-state index is 8.59. The van der Waals surface area contributed by atoms with Crippen LogP contribution in [-0.4, -0.2) is 0 Å². The normalized spacial score (nSPS) is 13.3. The van der Waals surface area contributed by atoms with Gasteiger partial charge in [0.25, 0.3) is 0 Å². The van der Waals surface area contributed by atoms with Gasteiger partial charge in [-0.1, -0.05) is 133 Å². The molecule has 0 spiro atoms. The molecule has 0 unspecified atom stereocenters. The lowest BCUT2D eigenvalue weighted by molar-refractivity contribution is 0.669. The third-order valence-corrected chi connectivity index (χ3v) is 8.52. The molecule has 0 amide bonds. The van der Waals surface area contributed by atoms with E-state index in [2.05, 4.69) is 91.0 Å². The molecule has 0 radical (unpaired) electrons. The molecule has 1 aromatic heterocycles. The van der Waals surface area contributed by atoms with Crippen LogP contribution in [0.1, 0.15) is 6.85 Å². The van der Waals surface area contributed by atoms with E-state index in [1.807, 2.05) is 36.4 Å². The minimum atomic E-state index is -0.396. The lowest BCUT2D eigenvalue weighted by Gasteiger charge is -2.18. The smallest absolute Gasteiger partial charge is 0.136 e. The van der Waals surface area contributed by atoms with Gasteiger partial charge in [-0.05, 0) is 90.0 Å². The van der Waals surface area contributed by atoms with Crippen LogP contribution in [0.2, 0.25) is 0 Å². The van der Waals surface area contributed by atoms with Crippen molar-refractivity contribution in [3.05, 3.63) is 158 Å². The Hall–Kier alpha value is -5.66. The molecule has 43 heavy (non-hydrogen) atoms. The van der Waals surface area contributed by atoms with Crippen LogP contribution in [0.3, 0.4) is 0 Å². The summed E-state index contributed by atoms with van der Waals surface area (Å²) in [6.07, 6.45) is 0. The molecule has 9 rings (SSSR count). The van der Waals surface area contributed by atoms with Crippen molar-refractivity contribution in [2.24, 2.45) is 0 Å². The van der Waals surface area contributed by atoms with Crippen molar-refractivity contribution in [2.45, 2.75) is 0 Å². The average Bonchev–Trinajstić information content (AvgIpc) is 3.51. The summed E-state index contributed by atoms with van der Waals surface area (Å²) in [5.74, 6) is 0. The molecule has 0 aliphatic carbocycles. The van der Waals surface area contributed by atoms with Crippen LogP contribution >= 0.6 is 0 Å². The zero-order valence-corrected chi connectivity index (χ0v) is 23.0. The van der Waals surface area contributed by atoms with Gasteiger partial charge in [0.1, 0.15) is 11.2 Å². The molecule has 0 fully saturated rings. The first-order valence-corrected chi connectivity index (χ1v) is 14.4. The van der Waals surface area contributed by atoms with Gasteiger partial charge in [0.05, 0.1) is 6.85 Å². The van der Waals surface area contributed by atoms with Gasteiger partial charge in [-0.15, -0.1) is 0 Å². The predicted molar refractivity (Wildman–Crippen MR) is 183 cm³/mol. The van der Waals surface area contributed by atoms with Gasteiger partial charge in [0, 0.05) is 10.8 Å². The van der Waals surface area contributed by atoms with Gasteiger partial charge in [-0.2, -0.15) is 0 Å². The number of rotatable bonds is 3. The Balaban J connectivity index is 1.32. The molecule has 0 bridgehead atoms. The molecule has 0 N–H and O–H groups in total. The number of furan rings is 1. The summed E-state index contributed by atoms with van der Waals surface area (Å²) in [5, 5.41) is 8.83. The van der Waals surface area contributed by atoms with E-state index in [9.17, 15) is 0 Å². The third kappa shape index (κ3) is 3.72. The van der Waals surface area contributed by atoms with Gasteiger partial charge < -0.3 is 4.42 Å². The Morgan fingerprint density at radius 3 is 1.67 bits per heavy atom. The maximum atomic E-state index is 8.59. The summed E-state index contributed by atoms with van der Waals surface area (Å²) < 4.78 is 48.0. The monoisotopic (exact) mass is 551 g/mol. The molecule has 0 aliphatic heterocycles. The molecule has 1 heterocycles. The Labute approximate surface area is 256 Å². The van der Waals surface area contributed by atoms with Crippen LogP contribution in [0.5, 0.6) is 0 Å². The highest BCUT2D eigenvalue weighted by Gasteiger charge is 2.18. The summed E-state index contributed by atoms with van der Waals surface area (Å²) in [5.41, 5.74) is 6.63. The first kappa shape index (κ1) is 19.5. The Morgan fingerprint density at radius 1 is 0.395 bits per heavy atom. The highest BCUT2D eigenvalue weighted by atomic mass is 16.3. The fourth-order valence-corrected chi connectivity index (χ4v) is 6.68. The summed E-state index contributed by atoms with van der Waals surface area (Å²) in [6, 6.07) is 42.0. The number of fused-ring (bicyclic) bond motifs is 7. The Bertz CT molecular complexity index is 2710. The van der Waals surface area contributed by atoms with E-state index in [0.29, 0.717) is 5.56 Å². The average molecular weight is 552 g/mol. The molecule has 1 heteroatoms. The van der Waals surface area contributed by atoms with E-state index in [0.717, 1.165) is 71.1 Å². The van der Waals surface area contributed by atoms with Crippen LogP contribution in [0, 0.1) is 0 Å². The summed E-state index contributed by atoms with van der Waals surface area (Å²) in [4.78, 5) is 0. The molecule has 8 aromatic carbocycles. The van der Waals surface area contributed by atoms with Crippen LogP contribution in [0.25, 0.3) is 87.6 Å². The highest BCUT2D eigenvalue weighted by Crippen LogP contribution is 2.45. The van der Waals surface area contributed by atoms with E-state index < -0.39 is 6.04 Å². The van der Waals surface area contributed by atoms with Gasteiger partial charge in [0.15, 0.2) is 0 Å². The standard InChI is InChI=1S/C42H26O/c1-2-11-27(12-3-1)29-14-10-15-30(25-29)40-33-17-6-8-19-35(33)41(36-20-9-7-18-34(36)40)31-22-23-38-37(26-31)42-32-16-5-4-13-28(32)21-24-39(42)43-38/h1-26H/i1D,2D,3D,11D,12D. The molecule has 9 aromatic rings. The Morgan fingerprint density at radius 2 is 0.977 bits per heavy atom. The van der Waals surface area contributed by atoms with E-state index >= 15 is 0 Å². The molecular formula is C42H26O. The van der Waals surface area contributed by atoms with Gasteiger partial charge >= 0.3 is 0 Å². The van der Waals surface area contributed by atoms with E-state index in [4.69, 9.17) is 11.3 Å². The molecular weight excluding hydrogens is 520 g/mol. The van der Waals surface area contributed by atoms with E-state index in [1.165, 1.54) is 5.39 Å². The van der Waals surface area contributed by atoms with Crippen LogP contribution in [0.15, 0.2) is 162 Å². The zero-order valence-electron chi connectivity index (χ0n) is 28.0. The second kappa shape index (κ2) is 9.44. The summed E-state index contributed by atoms with van der Waals surface area (Å²) in [6.45, 7) is 0. The maximum Gasteiger partial charge on any atom is 0.136 e. The van der Waals surface area contributed by atoms with Crippen LogP contribution < -0.4 is 0 Å². The van der Waals surface area contributed by atoms with Crippen molar-refractivity contribution in [1.82, 2.24) is 0 Å². The molecule has 0 aliphatic rings. The fraction of sp³-hybridized carbons (Fsp3) is 0. The second-order valence-corrected chi connectivity index (χ2v) is 10.9. The highest BCUT2D eigenvalue weighted by molar-refractivity contribution is 6.23. The molecule has 200 valence electrons. The first-order chi connectivity index (χ1) is 23.4. The Kier molecular flexibility index (Phi) is 4.27. The minimum absolute atomic E-state index is 0.196. The van der Waals surface area contributed by atoms with Crippen molar-refractivity contribution in [2.75, 3.05) is 0 Å². The van der Waals surface area contributed by atoms with Crippen LogP contribution in [-0.2, 0) is 0 Å². The van der Waals surface area contributed by atoms with Gasteiger partial charge in [-0.3, -0.25) is 0 Å². The van der Waals surface area contributed by atoms with Crippen molar-refractivity contribution < 1.29 is 11.3 Å². The number of benzene rings is 8. The van der Waals surface area contributed by atoms with Crippen molar-refractivity contribution in [1.29, 1.82) is 0 Å². The van der Waals surface area contributed by atoms with Crippen molar-refractivity contribution in [3.8, 4) is 33.4 Å². The lowest BCUT2D eigenvalue weighted by atomic mass is 9.85. The third-order valence-electron chi connectivity index (χ3n) is 8.52. The number of hydrogen-bond acceptors (Lipinski definition) is 1.